The third kappa shape index (κ3) is 21.2. The minimum absolute atomic E-state index is 0.0271. The van der Waals surface area contributed by atoms with Gasteiger partial charge in [-0.1, -0.05) is 59.7 Å². The number of aryl methyl sites for hydroxylation is 1. The van der Waals surface area contributed by atoms with Crippen LogP contribution in [0.2, 0.25) is 0 Å². The maximum atomic E-state index is 11.6. The first-order valence-corrected chi connectivity index (χ1v) is 20.9. The van der Waals surface area contributed by atoms with Crippen molar-refractivity contribution >= 4 is 28.5 Å². The Hall–Kier alpha value is -5.32. The van der Waals surface area contributed by atoms with Crippen LogP contribution in [0.1, 0.15) is 62.0 Å². The molecule has 1 heterocycles. The zero-order valence-electron chi connectivity index (χ0n) is 35.4. The monoisotopic (exact) mass is 844 g/mol. The molecule has 16 heteroatoms. The van der Waals surface area contributed by atoms with Crippen molar-refractivity contribution in [2.24, 2.45) is 22.3 Å². The SMILES string of the molecule is Cc1ccnc(NCCCC(N)=O)c1.[N-]=[N+]=NCCOCCOCCOCCOCCOc1ccc(-c2ccc(C(CC[C@H](N)CCCN)CC(=O)O)cc2)c2ccccc12. The second kappa shape index (κ2) is 30.7. The standard InChI is InChI=1S/C35H49N5O7.C10H15N3O/c36-15-3-4-30(37)12-11-29(26-35(41)42)27-7-9-28(10-8-27)31-13-14-34(33-6-2-1-5-32(31)33)47-25-24-46-23-22-45-21-20-44-19-18-43-17-16-39-40-38;1-8-4-6-13-10(7-8)12-5-2-3-9(11)14/h1-2,5-10,13-14,29-30H,3-4,11-12,15-26,36-37H2,(H,41,42);4,6-7H,2-3,5H2,1H3,(H2,11,14)(H,12,13)/t29?,30-;/m1./s1. The molecule has 0 fully saturated rings. The van der Waals surface area contributed by atoms with Crippen molar-refractivity contribution in [3.05, 3.63) is 101 Å². The Morgan fingerprint density at radius 1 is 0.836 bits per heavy atom. The van der Waals surface area contributed by atoms with Crippen LogP contribution < -0.4 is 27.3 Å². The maximum Gasteiger partial charge on any atom is 0.303 e. The maximum absolute atomic E-state index is 11.6. The first-order valence-electron chi connectivity index (χ1n) is 20.9. The molecule has 4 aromatic rings. The number of anilines is 1. The van der Waals surface area contributed by atoms with Crippen LogP contribution in [-0.4, -0.2) is 107 Å². The van der Waals surface area contributed by atoms with Gasteiger partial charge in [-0.05, 0) is 103 Å². The topological polar surface area (TPSA) is 252 Å². The summed E-state index contributed by atoms with van der Waals surface area (Å²) in [6, 6.07) is 24.3. The van der Waals surface area contributed by atoms with E-state index in [0.29, 0.717) is 79.0 Å². The van der Waals surface area contributed by atoms with Crippen molar-refractivity contribution in [2.75, 3.05) is 84.4 Å². The number of carboxylic acids is 1. The lowest BCUT2D eigenvalue weighted by molar-refractivity contribution is -0.137. The van der Waals surface area contributed by atoms with Crippen LogP contribution >= 0.6 is 0 Å². The van der Waals surface area contributed by atoms with Crippen LogP contribution in [0.25, 0.3) is 32.3 Å². The van der Waals surface area contributed by atoms with E-state index in [4.69, 9.17) is 46.4 Å². The molecular formula is C45H64N8O8. The number of azide groups is 1. The van der Waals surface area contributed by atoms with Gasteiger partial charge in [-0.15, -0.1) is 0 Å². The van der Waals surface area contributed by atoms with Crippen molar-refractivity contribution in [1.29, 1.82) is 0 Å². The van der Waals surface area contributed by atoms with Gasteiger partial charge in [-0.25, -0.2) is 4.98 Å². The summed E-state index contributed by atoms with van der Waals surface area (Å²) < 4.78 is 27.9. The van der Waals surface area contributed by atoms with E-state index in [9.17, 15) is 14.7 Å². The van der Waals surface area contributed by atoms with Gasteiger partial charge >= 0.3 is 5.97 Å². The third-order valence-electron chi connectivity index (χ3n) is 9.48. The number of carbonyl (C=O) groups is 2. The van der Waals surface area contributed by atoms with E-state index in [1.165, 1.54) is 0 Å². The molecule has 0 spiro atoms. The molecule has 0 aliphatic heterocycles. The fourth-order valence-corrected chi connectivity index (χ4v) is 6.36. The van der Waals surface area contributed by atoms with Gasteiger partial charge in [0, 0.05) is 42.0 Å². The summed E-state index contributed by atoms with van der Waals surface area (Å²) in [6.07, 6.45) is 6.20. The normalized spacial score (nSPS) is 11.9. The molecule has 0 aliphatic carbocycles. The first-order chi connectivity index (χ1) is 29.7. The highest BCUT2D eigenvalue weighted by molar-refractivity contribution is 6.00. The molecule has 0 saturated carbocycles. The molecule has 3 aromatic carbocycles. The second-order valence-electron chi connectivity index (χ2n) is 14.3. The molecule has 0 radical (unpaired) electrons. The number of primary amides is 1. The Bertz CT molecular complexity index is 1890. The molecule has 332 valence electrons. The quantitative estimate of drug-likeness (QED) is 0.0153. The number of carboxylic acid groups (broad SMARTS) is 1. The molecule has 16 nitrogen and oxygen atoms in total. The number of nitrogens with two attached hydrogens (primary N) is 3. The van der Waals surface area contributed by atoms with Crippen LogP contribution in [0.3, 0.4) is 0 Å². The zero-order chi connectivity index (χ0) is 43.9. The number of pyridine rings is 1. The first kappa shape index (κ1) is 50.0. The summed E-state index contributed by atoms with van der Waals surface area (Å²) in [7, 11) is 0. The number of benzene rings is 3. The number of fused-ring (bicyclic) bond motifs is 1. The van der Waals surface area contributed by atoms with Gasteiger partial charge in [0.25, 0.3) is 0 Å². The molecule has 0 saturated heterocycles. The number of carbonyl (C=O) groups excluding carboxylic acids is 1. The van der Waals surface area contributed by atoms with Gasteiger partial charge in [-0.3, -0.25) is 9.59 Å². The average molecular weight is 845 g/mol. The molecule has 4 rings (SSSR count). The van der Waals surface area contributed by atoms with Crippen LogP contribution in [0.15, 0.2) is 84.1 Å². The lowest BCUT2D eigenvalue weighted by Crippen LogP contribution is -2.22. The predicted molar refractivity (Wildman–Crippen MR) is 239 cm³/mol. The van der Waals surface area contributed by atoms with E-state index >= 15 is 0 Å². The number of aliphatic carboxylic acids is 1. The zero-order valence-corrected chi connectivity index (χ0v) is 35.4. The van der Waals surface area contributed by atoms with Gasteiger partial charge in [0.15, 0.2) is 0 Å². The van der Waals surface area contributed by atoms with Gasteiger partial charge in [0.1, 0.15) is 18.2 Å². The van der Waals surface area contributed by atoms with Crippen molar-refractivity contribution in [2.45, 2.75) is 63.8 Å². The van der Waals surface area contributed by atoms with E-state index in [1.54, 1.807) is 6.20 Å². The minimum Gasteiger partial charge on any atom is -0.491 e. The fourth-order valence-electron chi connectivity index (χ4n) is 6.36. The number of amides is 1. The number of ether oxygens (including phenoxy) is 5. The van der Waals surface area contributed by atoms with Crippen molar-refractivity contribution in [3.8, 4) is 16.9 Å². The number of aromatic nitrogens is 1. The Balaban J connectivity index is 0.000000598. The fraction of sp³-hybridized carbons (Fsp3) is 0.489. The summed E-state index contributed by atoms with van der Waals surface area (Å²) in [5.74, 6) is 0.460. The average Bonchev–Trinajstić information content (AvgIpc) is 3.26. The van der Waals surface area contributed by atoms with Crippen LogP contribution in [0.5, 0.6) is 5.75 Å². The molecule has 0 bridgehead atoms. The Labute approximate surface area is 359 Å². The lowest BCUT2D eigenvalue weighted by atomic mass is 9.88. The number of nitrogens with one attached hydrogen (secondary N) is 1. The van der Waals surface area contributed by atoms with Crippen molar-refractivity contribution < 1.29 is 38.4 Å². The van der Waals surface area contributed by atoms with Gasteiger partial charge in [0.05, 0.1) is 59.3 Å². The van der Waals surface area contributed by atoms with Gasteiger partial charge in [0.2, 0.25) is 5.91 Å². The van der Waals surface area contributed by atoms with Crippen LogP contribution in [0.4, 0.5) is 5.82 Å². The summed E-state index contributed by atoms with van der Waals surface area (Å²) in [6.45, 7) is 7.62. The molecule has 61 heavy (non-hydrogen) atoms. The van der Waals surface area contributed by atoms with E-state index in [-0.39, 0.29) is 24.3 Å². The largest absolute Gasteiger partial charge is 0.491 e. The number of nitrogens with zero attached hydrogens (tertiary/aromatic N) is 4. The van der Waals surface area contributed by atoms with E-state index < -0.39 is 5.97 Å². The molecular weight excluding hydrogens is 781 g/mol. The van der Waals surface area contributed by atoms with Crippen molar-refractivity contribution in [3.63, 3.8) is 0 Å². The van der Waals surface area contributed by atoms with Crippen molar-refractivity contribution in [1.82, 2.24) is 4.98 Å². The summed E-state index contributed by atoms with van der Waals surface area (Å²) in [4.78, 5) is 28.8. The highest BCUT2D eigenvalue weighted by Gasteiger charge is 2.18. The molecule has 1 aromatic heterocycles. The van der Waals surface area contributed by atoms with Crippen LogP contribution in [0, 0.1) is 6.92 Å². The Morgan fingerprint density at radius 3 is 2.11 bits per heavy atom. The molecule has 8 N–H and O–H groups in total. The molecule has 2 atom stereocenters. The summed E-state index contributed by atoms with van der Waals surface area (Å²) in [5, 5.41) is 18.1. The highest BCUT2D eigenvalue weighted by Crippen LogP contribution is 2.36. The number of rotatable bonds is 31. The Kier molecular flexibility index (Phi) is 25.2. The minimum atomic E-state index is -0.809. The van der Waals surface area contributed by atoms with Gasteiger partial charge in [-0.2, -0.15) is 0 Å². The van der Waals surface area contributed by atoms with E-state index in [2.05, 4.69) is 44.6 Å². The second-order valence-corrected chi connectivity index (χ2v) is 14.3. The highest BCUT2D eigenvalue weighted by atomic mass is 16.6. The summed E-state index contributed by atoms with van der Waals surface area (Å²) in [5.41, 5.74) is 29.3. The number of hydrogen-bond acceptors (Lipinski definition) is 12. The molecule has 1 amide bonds. The lowest BCUT2D eigenvalue weighted by Gasteiger charge is -2.19. The molecule has 0 aliphatic rings. The van der Waals surface area contributed by atoms with Crippen LogP contribution in [-0.2, 0) is 28.5 Å². The Morgan fingerprint density at radius 2 is 1.49 bits per heavy atom. The smallest absolute Gasteiger partial charge is 0.303 e. The predicted octanol–water partition coefficient (Wildman–Crippen LogP) is 6.73. The van der Waals surface area contributed by atoms with E-state index in [1.807, 2.05) is 55.5 Å². The number of hydrogen-bond donors (Lipinski definition) is 5. The van der Waals surface area contributed by atoms with Gasteiger partial charge < -0.3 is 51.3 Å². The summed E-state index contributed by atoms with van der Waals surface area (Å²) >= 11 is 0. The molecule has 1 unspecified atom stereocenters. The third-order valence-corrected chi connectivity index (χ3v) is 9.48. The van der Waals surface area contributed by atoms with E-state index in [0.717, 1.165) is 83.2 Å².